The van der Waals surface area contributed by atoms with Crippen LogP contribution in [0.2, 0.25) is 0 Å². The second kappa shape index (κ2) is 7.41. The maximum Gasteiger partial charge on any atom is 0.315 e. The Morgan fingerprint density at radius 2 is 2.04 bits per heavy atom. The molecule has 122 valence electrons. The van der Waals surface area contributed by atoms with Crippen LogP contribution in [0.5, 0.6) is 0 Å². The Morgan fingerprint density at radius 3 is 2.70 bits per heavy atom. The number of thiazole rings is 1. The Hall–Kier alpha value is -2.15. The lowest BCUT2D eigenvalue weighted by atomic mass is 10.3. The van der Waals surface area contributed by atoms with Crippen LogP contribution in [0.1, 0.15) is 29.1 Å². The number of nitrogens with zero attached hydrogens (tertiary/aromatic N) is 3. The van der Waals surface area contributed by atoms with Crippen molar-refractivity contribution in [3.8, 4) is 0 Å². The summed E-state index contributed by atoms with van der Waals surface area (Å²) in [6.07, 6.45) is 4.31. The third-order valence-corrected chi connectivity index (χ3v) is 4.61. The van der Waals surface area contributed by atoms with Crippen molar-refractivity contribution < 1.29 is 4.79 Å². The summed E-state index contributed by atoms with van der Waals surface area (Å²) in [6.45, 7) is 5.04. The molecule has 1 aliphatic rings. The van der Waals surface area contributed by atoms with Gasteiger partial charge in [0.2, 0.25) is 0 Å². The van der Waals surface area contributed by atoms with Crippen LogP contribution in [-0.4, -0.2) is 29.1 Å². The van der Waals surface area contributed by atoms with Crippen molar-refractivity contribution >= 4 is 23.2 Å². The Morgan fingerprint density at radius 1 is 1.26 bits per heavy atom. The number of hydrogen-bond donors (Lipinski definition) is 2. The molecule has 1 fully saturated rings. The van der Waals surface area contributed by atoms with E-state index in [1.54, 1.807) is 11.3 Å². The van der Waals surface area contributed by atoms with Crippen LogP contribution in [0, 0.1) is 6.92 Å². The molecule has 0 unspecified atom stereocenters. The van der Waals surface area contributed by atoms with Crippen LogP contribution in [0.15, 0.2) is 23.7 Å². The van der Waals surface area contributed by atoms with Gasteiger partial charge in [0, 0.05) is 31.2 Å². The van der Waals surface area contributed by atoms with Crippen molar-refractivity contribution in [2.45, 2.75) is 32.9 Å². The molecule has 2 aromatic heterocycles. The zero-order chi connectivity index (χ0) is 16.1. The number of urea groups is 1. The number of anilines is 1. The number of aromatic nitrogens is 2. The summed E-state index contributed by atoms with van der Waals surface area (Å²) < 4.78 is 0. The number of pyridine rings is 1. The average molecular weight is 331 g/mol. The average Bonchev–Trinajstić information content (AvgIpc) is 3.23. The summed E-state index contributed by atoms with van der Waals surface area (Å²) in [6, 6.07) is 3.85. The molecule has 1 aliphatic heterocycles. The van der Waals surface area contributed by atoms with E-state index in [4.69, 9.17) is 0 Å². The van der Waals surface area contributed by atoms with Gasteiger partial charge in [-0.1, -0.05) is 6.07 Å². The smallest absolute Gasteiger partial charge is 0.315 e. The van der Waals surface area contributed by atoms with E-state index in [0.29, 0.717) is 13.1 Å². The Bertz CT molecular complexity index is 649. The van der Waals surface area contributed by atoms with Crippen LogP contribution in [-0.2, 0) is 13.1 Å². The molecule has 3 rings (SSSR count). The summed E-state index contributed by atoms with van der Waals surface area (Å²) in [7, 11) is 0. The molecule has 1 saturated heterocycles. The predicted molar refractivity (Wildman–Crippen MR) is 91.6 cm³/mol. The van der Waals surface area contributed by atoms with E-state index in [1.807, 2.05) is 30.6 Å². The summed E-state index contributed by atoms with van der Waals surface area (Å²) >= 11 is 1.58. The number of rotatable bonds is 5. The highest BCUT2D eigenvalue weighted by molar-refractivity contribution is 7.09. The van der Waals surface area contributed by atoms with E-state index < -0.39 is 0 Å². The number of hydrogen-bond acceptors (Lipinski definition) is 5. The summed E-state index contributed by atoms with van der Waals surface area (Å²) in [4.78, 5) is 22.9. The minimum absolute atomic E-state index is 0.195. The van der Waals surface area contributed by atoms with Gasteiger partial charge in [-0.05, 0) is 31.4 Å². The Labute approximate surface area is 140 Å². The van der Waals surface area contributed by atoms with Gasteiger partial charge in [-0.25, -0.2) is 14.8 Å². The molecule has 7 heteroatoms. The molecule has 2 N–H and O–H groups in total. The first-order valence-electron chi connectivity index (χ1n) is 7.83. The first-order chi connectivity index (χ1) is 11.2. The number of nitrogens with one attached hydrogen (secondary N) is 2. The van der Waals surface area contributed by atoms with E-state index in [2.05, 4.69) is 25.5 Å². The van der Waals surface area contributed by atoms with E-state index in [0.717, 1.165) is 35.2 Å². The summed E-state index contributed by atoms with van der Waals surface area (Å²) in [5, 5.41) is 8.60. The highest BCUT2D eigenvalue weighted by Gasteiger charge is 2.13. The second-order valence-electron chi connectivity index (χ2n) is 5.61. The lowest BCUT2D eigenvalue weighted by Gasteiger charge is -2.16. The molecule has 0 aromatic carbocycles. The van der Waals surface area contributed by atoms with Gasteiger partial charge >= 0.3 is 6.03 Å². The maximum absolute atomic E-state index is 11.8. The molecule has 23 heavy (non-hydrogen) atoms. The Kier molecular flexibility index (Phi) is 5.07. The number of carbonyl (C=O) groups is 1. The zero-order valence-corrected chi connectivity index (χ0v) is 14.0. The fourth-order valence-electron chi connectivity index (χ4n) is 2.56. The molecule has 6 nitrogen and oxygen atoms in total. The van der Waals surface area contributed by atoms with Crippen LogP contribution in [0.3, 0.4) is 0 Å². The van der Waals surface area contributed by atoms with Gasteiger partial charge in [-0.3, -0.25) is 0 Å². The Balaban J connectivity index is 1.43. The topological polar surface area (TPSA) is 70.2 Å². The van der Waals surface area contributed by atoms with Crippen molar-refractivity contribution in [1.29, 1.82) is 0 Å². The minimum Gasteiger partial charge on any atom is -0.357 e. The van der Waals surface area contributed by atoms with Crippen molar-refractivity contribution in [3.63, 3.8) is 0 Å². The molecule has 0 aliphatic carbocycles. The lowest BCUT2D eigenvalue weighted by Crippen LogP contribution is -2.34. The molecule has 3 heterocycles. The largest absolute Gasteiger partial charge is 0.357 e. The van der Waals surface area contributed by atoms with Gasteiger partial charge in [0.1, 0.15) is 5.82 Å². The van der Waals surface area contributed by atoms with Gasteiger partial charge in [-0.15, -0.1) is 11.3 Å². The second-order valence-corrected chi connectivity index (χ2v) is 6.68. The van der Waals surface area contributed by atoms with Gasteiger partial charge in [0.05, 0.1) is 17.2 Å². The summed E-state index contributed by atoms with van der Waals surface area (Å²) in [5.74, 6) is 1.02. The standard InChI is InChI=1S/C16H21N5OS/c1-12-20-14(11-23-12)10-19-16(22)18-9-13-4-5-15(17-8-13)21-6-2-3-7-21/h4-5,8,11H,2-3,6-7,9-10H2,1H3,(H2,18,19,22). The SMILES string of the molecule is Cc1nc(CNC(=O)NCc2ccc(N3CCCC3)nc2)cs1. The van der Waals surface area contributed by atoms with Gasteiger partial charge in [0.15, 0.2) is 0 Å². The number of aryl methyl sites for hydroxylation is 1. The van der Waals surface area contributed by atoms with Gasteiger partial charge in [-0.2, -0.15) is 0 Å². The molecular formula is C16H21N5OS. The molecule has 0 saturated carbocycles. The molecule has 0 atom stereocenters. The molecular weight excluding hydrogens is 310 g/mol. The van der Waals surface area contributed by atoms with E-state index in [-0.39, 0.29) is 6.03 Å². The lowest BCUT2D eigenvalue weighted by molar-refractivity contribution is 0.240. The maximum atomic E-state index is 11.8. The summed E-state index contributed by atoms with van der Waals surface area (Å²) in [5.41, 5.74) is 1.88. The van der Waals surface area contributed by atoms with Gasteiger partial charge < -0.3 is 15.5 Å². The van der Waals surface area contributed by atoms with E-state index in [1.165, 1.54) is 12.8 Å². The van der Waals surface area contributed by atoms with Gasteiger partial charge in [0.25, 0.3) is 0 Å². The minimum atomic E-state index is -0.195. The highest BCUT2D eigenvalue weighted by Crippen LogP contribution is 2.17. The third kappa shape index (κ3) is 4.41. The molecule has 0 radical (unpaired) electrons. The molecule has 2 amide bonds. The van der Waals surface area contributed by atoms with Crippen LogP contribution >= 0.6 is 11.3 Å². The predicted octanol–water partition coefficient (Wildman–Crippen LogP) is 2.45. The van der Waals surface area contributed by atoms with Crippen LogP contribution in [0.4, 0.5) is 10.6 Å². The first-order valence-corrected chi connectivity index (χ1v) is 8.71. The monoisotopic (exact) mass is 331 g/mol. The van der Waals surface area contributed by atoms with Crippen LogP contribution in [0.25, 0.3) is 0 Å². The fourth-order valence-corrected chi connectivity index (χ4v) is 3.17. The molecule has 0 bridgehead atoms. The van der Waals surface area contributed by atoms with E-state index >= 15 is 0 Å². The van der Waals surface area contributed by atoms with Crippen LogP contribution < -0.4 is 15.5 Å². The highest BCUT2D eigenvalue weighted by atomic mass is 32.1. The fraction of sp³-hybridized carbons (Fsp3) is 0.438. The number of amides is 2. The third-order valence-electron chi connectivity index (χ3n) is 3.79. The molecule has 0 spiro atoms. The van der Waals surface area contributed by atoms with E-state index in [9.17, 15) is 4.79 Å². The zero-order valence-electron chi connectivity index (χ0n) is 13.2. The van der Waals surface area contributed by atoms with Crippen molar-refractivity contribution in [1.82, 2.24) is 20.6 Å². The normalized spacial score (nSPS) is 14.0. The van der Waals surface area contributed by atoms with Crippen molar-refractivity contribution in [2.75, 3.05) is 18.0 Å². The first kappa shape index (κ1) is 15.7. The number of carbonyl (C=O) groups excluding carboxylic acids is 1. The quantitative estimate of drug-likeness (QED) is 0.883. The van der Waals surface area contributed by atoms with Crippen molar-refractivity contribution in [3.05, 3.63) is 40.0 Å². The van der Waals surface area contributed by atoms with Crippen molar-refractivity contribution in [2.24, 2.45) is 0 Å². The molecule has 2 aromatic rings.